The third-order valence-corrected chi connectivity index (χ3v) is 2.04. The summed E-state index contributed by atoms with van der Waals surface area (Å²) in [5.74, 6) is -2.84. The Morgan fingerprint density at radius 3 is 2.29 bits per heavy atom. The number of carbonyl (C=O) groups excluding carboxylic acids is 1. The van der Waals surface area contributed by atoms with Crippen LogP contribution in [0, 0.1) is 0 Å². The van der Waals surface area contributed by atoms with Crippen LogP contribution in [0.2, 0.25) is 0 Å². The van der Waals surface area contributed by atoms with Crippen molar-refractivity contribution in [2.75, 3.05) is 13.1 Å². The first kappa shape index (κ1) is 15.4. The van der Waals surface area contributed by atoms with Gasteiger partial charge in [-0.3, -0.25) is 10.1 Å². The second-order valence-corrected chi connectivity index (χ2v) is 3.37. The number of amides is 1. The van der Waals surface area contributed by atoms with E-state index in [0.717, 1.165) is 0 Å². The fraction of sp³-hybridized carbons (Fsp3) is 0.556. The average molecular weight is 254 g/mol. The fourth-order valence-electron chi connectivity index (χ4n) is 0.803. The summed E-state index contributed by atoms with van der Waals surface area (Å²) in [4.78, 5) is 21.6. The van der Waals surface area contributed by atoms with E-state index in [1.54, 1.807) is 5.32 Å². The number of rotatable bonds is 6. The lowest BCUT2D eigenvalue weighted by Gasteiger charge is -2.28. The lowest BCUT2D eigenvalue weighted by molar-refractivity contribution is -0.205. The highest BCUT2D eigenvalue weighted by atomic mass is 19.4. The molecule has 98 valence electrons. The zero-order valence-electron chi connectivity index (χ0n) is 9.10. The van der Waals surface area contributed by atoms with Crippen LogP contribution in [0.1, 0.15) is 6.92 Å². The molecule has 0 aromatic rings. The van der Waals surface area contributed by atoms with Crippen LogP contribution in [0.15, 0.2) is 12.7 Å². The lowest BCUT2D eigenvalue weighted by atomic mass is 10.0. The normalized spacial score (nSPS) is 14.8. The molecule has 0 aliphatic rings. The Bertz CT molecular complexity index is 317. The minimum absolute atomic E-state index is 0.0936. The Labute approximate surface area is 95.7 Å². The van der Waals surface area contributed by atoms with Gasteiger partial charge in [-0.2, -0.15) is 13.2 Å². The molecule has 0 aromatic carbocycles. The highest BCUT2D eigenvalue weighted by Crippen LogP contribution is 2.30. The third kappa shape index (κ3) is 4.06. The van der Waals surface area contributed by atoms with Crippen LogP contribution in [0.3, 0.4) is 0 Å². The quantitative estimate of drug-likeness (QED) is 0.595. The molecule has 0 bridgehead atoms. The van der Waals surface area contributed by atoms with E-state index >= 15 is 0 Å². The SMILES string of the molecule is C=CCNC(=O)CNC(C)(C(=O)O)C(F)(F)F. The molecule has 0 fully saturated rings. The number of alkyl halides is 3. The number of carboxylic acids is 1. The van der Waals surface area contributed by atoms with Crippen molar-refractivity contribution in [1.82, 2.24) is 10.6 Å². The van der Waals surface area contributed by atoms with E-state index in [4.69, 9.17) is 5.11 Å². The molecule has 0 rings (SSSR count). The van der Waals surface area contributed by atoms with Gasteiger partial charge in [0.2, 0.25) is 11.4 Å². The molecule has 5 nitrogen and oxygen atoms in total. The third-order valence-electron chi connectivity index (χ3n) is 2.04. The van der Waals surface area contributed by atoms with Gasteiger partial charge in [0.1, 0.15) is 0 Å². The predicted octanol–water partition coefficient (Wildman–Crippen LogP) is 0.284. The van der Waals surface area contributed by atoms with E-state index in [1.165, 1.54) is 6.08 Å². The lowest BCUT2D eigenvalue weighted by Crippen LogP contribution is -2.61. The van der Waals surface area contributed by atoms with Gasteiger partial charge in [-0.15, -0.1) is 6.58 Å². The first-order valence-electron chi connectivity index (χ1n) is 4.58. The van der Waals surface area contributed by atoms with Crippen molar-refractivity contribution in [3.63, 3.8) is 0 Å². The summed E-state index contributed by atoms with van der Waals surface area (Å²) < 4.78 is 37.4. The molecule has 0 aliphatic carbocycles. The van der Waals surface area contributed by atoms with E-state index in [1.807, 2.05) is 0 Å². The number of hydrogen-bond donors (Lipinski definition) is 3. The Balaban J connectivity index is 4.54. The van der Waals surface area contributed by atoms with Crippen molar-refractivity contribution in [3.8, 4) is 0 Å². The van der Waals surface area contributed by atoms with Gasteiger partial charge < -0.3 is 10.4 Å². The number of carboxylic acid groups (broad SMARTS) is 1. The summed E-state index contributed by atoms with van der Waals surface area (Å²) in [6.07, 6.45) is -3.66. The van der Waals surface area contributed by atoms with Crippen LogP contribution >= 0.6 is 0 Å². The van der Waals surface area contributed by atoms with Gasteiger partial charge in [-0.25, -0.2) is 4.79 Å². The fourth-order valence-corrected chi connectivity index (χ4v) is 0.803. The molecule has 17 heavy (non-hydrogen) atoms. The number of carbonyl (C=O) groups is 2. The molecule has 1 unspecified atom stereocenters. The van der Waals surface area contributed by atoms with E-state index < -0.39 is 30.1 Å². The monoisotopic (exact) mass is 254 g/mol. The maximum absolute atomic E-state index is 12.5. The Morgan fingerprint density at radius 1 is 1.41 bits per heavy atom. The van der Waals surface area contributed by atoms with E-state index in [2.05, 4.69) is 11.9 Å². The molecule has 3 N–H and O–H groups in total. The summed E-state index contributed by atoms with van der Waals surface area (Å²) in [5, 5.41) is 12.4. The van der Waals surface area contributed by atoms with Gasteiger partial charge in [-0.05, 0) is 6.92 Å². The molecule has 0 spiro atoms. The van der Waals surface area contributed by atoms with Crippen LogP contribution < -0.4 is 10.6 Å². The smallest absolute Gasteiger partial charge is 0.417 e. The maximum Gasteiger partial charge on any atom is 0.417 e. The molecule has 1 amide bonds. The van der Waals surface area contributed by atoms with E-state index in [-0.39, 0.29) is 6.54 Å². The van der Waals surface area contributed by atoms with Gasteiger partial charge in [0.05, 0.1) is 6.54 Å². The Morgan fingerprint density at radius 2 is 1.94 bits per heavy atom. The van der Waals surface area contributed by atoms with Crippen molar-refractivity contribution in [1.29, 1.82) is 0 Å². The van der Waals surface area contributed by atoms with Crippen LogP contribution in [-0.4, -0.2) is 41.8 Å². The van der Waals surface area contributed by atoms with Crippen molar-refractivity contribution in [2.45, 2.75) is 18.6 Å². The van der Waals surface area contributed by atoms with Crippen LogP contribution in [0.4, 0.5) is 13.2 Å². The Hall–Kier alpha value is -1.57. The van der Waals surface area contributed by atoms with Crippen molar-refractivity contribution >= 4 is 11.9 Å². The summed E-state index contributed by atoms with van der Waals surface area (Å²) in [7, 11) is 0. The number of hydrogen-bond acceptors (Lipinski definition) is 3. The van der Waals surface area contributed by atoms with Crippen molar-refractivity contribution in [3.05, 3.63) is 12.7 Å². The molecule has 0 radical (unpaired) electrons. The van der Waals surface area contributed by atoms with Crippen LogP contribution in [0.5, 0.6) is 0 Å². The zero-order valence-corrected chi connectivity index (χ0v) is 9.10. The van der Waals surface area contributed by atoms with Crippen LogP contribution in [0.25, 0.3) is 0 Å². The molecular weight excluding hydrogens is 241 g/mol. The Kier molecular flexibility index (Phi) is 5.14. The zero-order chi connectivity index (χ0) is 13.7. The van der Waals surface area contributed by atoms with Crippen LogP contribution in [-0.2, 0) is 9.59 Å². The summed E-state index contributed by atoms with van der Waals surface area (Å²) >= 11 is 0. The van der Waals surface area contributed by atoms with Gasteiger partial charge >= 0.3 is 12.1 Å². The summed E-state index contributed by atoms with van der Waals surface area (Å²) in [6.45, 7) is 3.09. The van der Waals surface area contributed by atoms with Crippen molar-refractivity contribution in [2.24, 2.45) is 0 Å². The second-order valence-electron chi connectivity index (χ2n) is 3.37. The highest BCUT2D eigenvalue weighted by Gasteiger charge is 2.57. The molecule has 0 aromatic heterocycles. The van der Waals surface area contributed by atoms with Gasteiger partial charge in [-0.1, -0.05) is 6.08 Å². The number of nitrogens with one attached hydrogen (secondary N) is 2. The van der Waals surface area contributed by atoms with E-state index in [9.17, 15) is 22.8 Å². The van der Waals surface area contributed by atoms with Gasteiger partial charge in [0, 0.05) is 6.54 Å². The molecule has 0 saturated carbocycles. The molecular formula is C9H13F3N2O3. The largest absolute Gasteiger partial charge is 0.480 e. The minimum Gasteiger partial charge on any atom is -0.480 e. The molecule has 0 saturated heterocycles. The molecule has 1 atom stereocenters. The first-order chi connectivity index (χ1) is 7.65. The summed E-state index contributed by atoms with van der Waals surface area (Å²) in [5.41, 5.74) is -3.15. The summed E-state index contributed by atoms with van der Waals surface area (Å²) in [6, 6.07) is 0. The van der Waals surface area contributed by atoms with E-state index in [0.29, 0.717) is 6.92 Å². The highest BCUT2D eigenvalue weighted by molar-refractivity contribution is 5.82. The standard InChI is InChI=1S/C9H13F3N2O3/c1-3-4-13-6(15)5-14-8(2,7(16)17)9(10,11)12/h3,14H,1,4-5H2,2H3,(H,13,15)(H,16,17). The molecule has 0 heterocycles. The first-order valence-corrected chi connectivity index (χ1v) is 4.58. The topological polar surface area (TPSA) is 78.4 Å². The van der Waals surface area contributed by atoms with Gasteiger partial charge in [0.25, 0.3) is 0 Å². The predicted molar refractivity (Wildman–Crippen MR) is 53.3 cm³/mol. The number of aliphatic carboxylic acids is 1. The van der Waals surface area contributed by atoms with Gasteiger partial charge in [0.15, 0.2) is 0 Å². The number of halogens is 3. The molecule has 8 heteroatoms. The second kappa shape index (κ2) is 5.67. The maximum atomic E-state index is 12.5. The average Bonchev–Trinajstić information content (AvgIpc) is 2.20. The van der Waals surface area contributed by atoms with Crippen molar-refractivity contribution < 1.29 is 27.9 Å². The molecule has 0 aliphatic heterocycles. The minimum atomic E-state index is -5.00.